The number of amides is 1. The number of nitrogens with zero attached hydrogens (tertiary/aromatic N) is 5. The summed E-state index contributed by atoms with van der Waals surface area (Å²) in [6.07, 6.45) is 3.66. The van der Waals surface area contributed by atoms with E-state index in [-0.39, 0.29) is 5.91 Å². The molecule has 6 nitrogen and oxygen atoms in total. The maximum Gasteiger partial charge on any atom is 0.254 e. The number of halogens is 2. The van der Waals surface area contributed by atoms with E-state index < -0.39 is 5.82 Å². The second-order valence-corrected chi connectivity index (χ2v) is 9.38. The Labute approximate surface area is 218 Å². The number of rotatable bonds is 4. The average Bonchev–Trinajstić information content (AvgIpc) is 3.33. The average molecular weight is 512 g/mol. The van der Waals surface area contributed by atoms with Crippen molar-refractivity contribution in [3.8, 4) is 16.8 Å². The fourth-order valence-corrected chi connectivity index (χ4v) is 5.05. The van der Waals surface area contributed by atoms with Gasteiger partial charge < -0.3 is 14.4 Å². The van der Waals surface area contributed by atoms with Crippen molar-refractivity contribution in [1.29, 1.82) is 0 Å². The van der Waals surface area contributed by atoms with E-state index in [0.717, 1.165) is 33.7 Å². The topological polar surface area (TPSA) is 54.3 Å². The first-order valence-electron chi connectivity index (χ1n) is 12.1. The molecule has 0 radical (unpaired) electrons. The number of carbonyl (C=O) groups excluding carboxylic acids is 1. The molecule has 6 rings (SSSR count). The van der Waals surface area contributed by atoms with Gasteiger partial charge in [0.15, 0.2) is 5.65 Å². The second kappa shape index (κ2) is 9.67. The Morgan fingerprint density at radius 1 is 0.865 bits per heavy atom. The lowest BCUT2D eigenvalue weighted by Crippen LogP contribution is -2.49. The molecule has 0 N–H and O–H groups in total. The summed E-state index contributed by atoms with van der Waals surface area (Å²) in [7, 11) is 0. The van der Waals surface area contributed by atoms with Gasteiger partial charge in [0.05, 0.1) is 5.39 Å². The smallest absolute Gasteiger partial charge is 0.254 e. The lowest BCUT2D eigenvalue weighted by Gasteiger charge is -2.35. The first-order valence-corrected chi connectivity index (χ1v) is 12.4. The van der Waals surface area contributed by atoms with Gasteiger partial charge in [-0.2, -0.15) is 0 Å². The molecule has 1 aliphatic rings. The van der Waals surface area contributed by atoms with Crippen molar-refractivity contribution in [1.82, 2.24) is 19.4 Å². The highest BCUT2D eigenvalue weighted by Gasteiger charge is 2.26. The van der Waals surface area contributed by atoms with Gasteiger partial charge in [-0.3, -0.25) is 4.79 Å². The molecule has 1 fully saturated rings. The summed E-state index contributed by atoms with van der Waals surface area (Å²) >= 11 is 6.31. The summed E-state index contributed by atoms with van der Waals surface area (Å²) in [4.78, 5) is 26.3. The van der Waals surface area contributed by atoms with Crippen LogP contribution < -0.4 is 4.90 Å². The number of anilines is 1. The minimum absolute atomic E-state index is 0.163. The minimum atomic E-state index is -0.412. The molecule has 0 unspecified atom stereocenters. The molecule has 3 heterocycles. The summed E-state index contributed by atoms with van der Waals surface area (Å²) in [5.74, 6) is 0.247. The van der Waals surface area contributed by atoms with Crippen LogP contribution >= 0.6 is 11.6 Å². The van der Waals surface area contributed by atoms with Gasteiger partial charge in [0, 0.05) is 54.2 Å². The maximum absolute atomic E-state index is 13.6. The van der Waals surface area contributed by atoms with Gasteiger partial charge in [0.25, 0.3) is 5.91 Å². The highest BCUT2D eigenvalue weighted by Crippen LogP contribution is 2.37. The molecule has 184 valence electrons. The van der Waals surface area contributed by atoms with Crippen LogP contribution in [0.1, 0.15) is 10.4 Å². The molecule has 0 bridgehead atoms. The SMILES string of the molecule is O=C(c1cccc(F)c1)N1CCN(c2ncnc3c2c(-c2ccccc2)cn3-c2cccc(Cl)c2)CC1. The van der Waals surface area contributed by atoms with Crippen LogP contribution in [0.5, 0.6) is 0 Å². The van der Waals surface area contributed by atoms with Crippen LogP contribution in [0.2, 0.25) is 5.02 Å². The zero-order chi connectivity index (χ0) is 25.4. The largest absolute Gasteiger partial charge is 0.352 e. The number of aromatic nitrogens is 3. The summed E-state index contributed by atoms with van der Waals surface area (Å²) in [6, 6.07) is 23.7. The summed E-state index contributed by atoms with van der Waals surface area (Å²) in [6.45, 7) is 2.22. The predicted molar refractivity (Wildman–Crippen MR) is 144 cm³/mol. The Bertz CT molecular complexity index is 1600. The molecule has 0 aliphatic carbocycles. The van der Waals surface area contributed by atoms with Crippen LogP contribution in [0.25, 0.3) is 27.8 Å². The van der Waals surface area contributed by atoms with Crippen molar-refractivity contribution in [2.75, 3.05) is 31.1 Å². The zero-order valence-corrected chi connectivity index (χ0v) is 20.6. The first-order chi connectivity index (χ1) is 18.1. The number of fused-ring (bicyclic) bond motifs is 1. The molecule has 37 heavy (non-hydrogen) atoms. The van der Waals surface area contributed by atoms with Gasteiger partial charge in [-0.05, 0) is 42.0 Å². The van der Waals surface area contributed by atoms with Crippen LogP contribution in [0, 0.1) is 5.82 Å². The Morgan fingerprint density at radius 2 is 1.65 bits per heavy atom. The van der Waals surface area contributed by atoms with E-state index in [2.05, 4.69) is 28.2 Å². The number of carbonyl (C=O) groups is 1. The Hall–Kier alpha value is -4.23. The second-order valence-electron chi connectivity index (χ2n) is 8.94. The lowest BCUT2D eigenvalue weighted by molar-refractivity contribution is 0.0746. The summed E-state index contributed by atoms with van der Waals surface area (Å²) in [5.41, 5.74) is 4.13. The van der Waals surface area contributed by atoms with Crippen LogP contribution in [-0.2, 0) is 0 Å². The Kier molecular flexibility index (Phi) is 6.06. The highest BCUT2D eigenvalue weighted by atomic mass is 35.5. The molecular formula is C29H23ClFN5O. The van der Waals surface area contributed by atoms with Gasteiger partial charge in [-0.25, -0.2) is 14.4 Å². The molecule has 5 aromatic rings. The van der Waals surface area contributed by atoms with Crippen LogP contribution in [0.15, 0.2) is 91.4 Å². The third kappa shape index (κ3) is 4.42. The third-order valence-electron chi connectivity index (χ3n) is 6.67. The molecule has 2 aromatic heterocycles. The third-order valence-corrected chi connectivity index (χ3v) is 6.91. The van der Waals surface area contributed by atoms with Crippen molar-refractivity contribution < 1.29 is 9.18 Å². The summed E-state index contributed by atoms with van der Waals surface area (Å²) in [5, 5.41) is 1.59. The highest BCUT2D eigenvalue weighted by molar-refractivity contribution is 6.30. The quantitative estimate of drug-likeness (QED) is 0.304. The van der Waals surface area contributed by atoms with Gasteiger partial charge in [-0.15, -0.1) is 0 Å². The molecular weight excluding hydrogens is 489 g/mol. The van der Waals surface area contributed by atoms with E-state index >= 15 is 0 Å². The van der Waals surface area contributed by atoms with Gasteiger partial charge >= 0.3 is 0 Å². The normalized spacial score (nSPS) is 13.8. The van der Waals surface area contributed by atoms with Gasteiger partial charge in [-0.1, -0.05) is 54.1 Å². The minimum Gasteiger partial charge on any atom is -0.352 e. The molecule has 3 aromatic carbocycles. The standard InChI is InChI=1S/C29H23ClFN5O/c30-22-9-5-11-24(17-22)36-18-25(20-6-2-1-3-7-20)26-27(32-19-33-28(26)36)34-12-14-35(15-13-34)29(37)21-8-4-10-23(31)16-21/h1-11,16-19H,12-15H2. The number of hydrogen-bond acceptors (Lipinski definition) is 4. The van der Waals surface area contributed by atoms with E-state index in [9.17, 15) is 9.18 Å². The fourth-order valence-electron chi connectivity index (χ4n) is 4.87. The van der Waals surface area contributed by atoms with Crippen LogP contribution in [-0.4, -0.2) is 51.5 Å². The molecule has 0 saturated carbocycles. The monoisotopic (exact) mass is 511 g/mol. The molecule has 0 spiro atoms. The van der Waals surface area contributed by atoms with Crippen molar-refractivity contribution in [2.45, 2.75) is 0 Å². The molecule has 8 heteroatoms. The lowest BCUT2D eigenvalue weighted by atomic mass is 10.1. The van der Waals surface area contributed by atoms with Crippen molar-refractivity contribution in [3.05, 3.63) is 108 Å². The number of piperazine rings is 1. The van der Waals surface area contributed by atoms with Crippen molar-refractivity contribution in [3.63, 3.8) is 0 Å². The van der Waals surface area contributed by atoms with Crippen LogP contribution in [0.3, 0.4) is 0 Å². The fraction of sp³-hybridized carbons (Fsp3) is 0.138. The van der Waals surface area contributed by atoms with Crippen LogP contribution in [0.4, 0.5) is 10.2 Å². The van der Waals surface area contributed by atoms with E-state index in [1.807, 2.05) is 47.0 Å². The van der Waals surface area contributed by atoms with E-state index in [1.165, 1.54) is 12.1 Å². The van der Waals surface area contributed by atoms with E-state index in [4.69, 9.17) is 16.6 Å². The molecule has 1 saturated heterocycles. The Morgan fingerprint density at radius 3 is 2.41 bits per heavy atom. The number of hydrogen-bond donors (Lipinski definition) is 0. The van der Waals surface area contributed by atoms with Gasteiger partial charge in [0.2, 0.25) is 0 Å². The van der Waals surface area contributed by atoms with E-state index in [0.29, 0.717) is 36.8 Å². The van der Waals surface area contributed by atoms with Crippen molar-refractivity contribution >= 4 is 34.4 Å². The van der Waals surface area contributed by atoms with Gasteiger partial charge in [0.1, 0.15) is 18.0 Å². The zero-order valence-electron chi connectivity index (χ0n) is 19.9. The molecule has 0 atom stereocenters. The first kappa shape index (κ1) is 23.2. The maximum atomic E-state index is 13.6. The Balaban J connectivity index is 1.38. The summed E-state index contributed by atoms with van der Waals surface area (Å²) < 4.78 is 15.7. The predicted octanol–water partition coefficient (Wildman–Crippen LogP) is 5.84. The number of benzene rings is 3. The van der Waals surface area contributed by atoms with Crippen molar-refractivity contribution in [2.24, 2.45) is 0 Å². The molecule has 1 amide bonds. The molecule has 1 aliphatic heterocycles. The van der Waals surface area contributed by atoms with E-state index in [1.54, 1.807) is 23.4 Å².